The van der Waals surface area contributed by atoms with Crippen molar-refractivity contribution in [2.75, 3.05) is 16.5 Å². The largest absolute Gasteiger partial charge is 0.369 e. The van der Waals surface area contributed by atoms with E-state index < -0.39 is 6.23 Å². The maximum Gasteiger partial charge on any atom is 0.261 e. The Morgan fingerprint density at radius 1 is 0.730 bits per heavy atom. The van der Waals surface area contributed by atoms with Crippen LogP contribution in [-0.2, 0) is 11.3 Å². The Morgan fingerprint density at radius 2 is 1.30 bits per heavy atom. The number of carbonyl (C=O) groups is 2. The predicted octanol–water partition coefficient (Wildman–Crippen LogP) is 5.86. The molecule has 186 valence electrons. The fourth-order valence-corrected chi connectivity index (χ4v) is 5.92. The second-order valence-electron chi connectivity index (χ2n) is 9.96. The van der Waals surface area contributed by atoms with E-state index in [-0.39, 0.29) is 25.2 Å². The average Bonchev–Trinajstić information content (AvgIpc) is 2.86. The van der Waals surface area contributed by atoms with Crippen molar-refractivity contribution in [2.24, 2.45) is 0 Å². The fraction of sp³-hybridized carbons (Fsp3) is 0.226. The van der Waals surface area contributed by atoms with Crippen molar-refractivity contribution in [3.8, 4) is 0 Å². The highest BCUT2D eigenvalue weighted by Crippen LogP contribution is 2.43. The topological polar surface area (TPSA) is 70.1 Å². The molecule has 0 bridgehead atoms. The summed E-state index contributed by atoms with van der Waals surface area (Å²) in [5, 5.41) is 12.8. The summed E-state index contributed by atoms with van der Waals surface area (Å²) in [5.74, 6) is -0.482. The van der Waals surface area contributed by atoms with Crippen LogP contribution in [0.4, 0.5) is 11.4 Å². The monoisotopic (exact) mass is 492 g/mol. The molecule has 1 N–H and O–H groups in total. The van der Waals surface area contributed by atoms with Crippen LogP contribution >= 0.6 is 0 Å². The van der Waals surface area contributed by atoms with Crippen molar-refractivity contribution in [1.82, 2.24) is 0 Å². The lowest BCUT2D eigenvalue weighted by Gasteiger charge is -2.37. The molecule has 1 unspecified atom stereocenters. The zero-order valence-electron chi connectivity index (χ0n) is 21.3. The molecule has 37 heavy (non-hydrogen) atoms. The second-order valence-corrected chi connectivity index (χ2v) is 9.96. The number of amides is 2. The summed E-state index contributed by atoms with van der Waals surface area (Å²) < 4.78 is 6.02. The van der Waals surface area contributed by atoms with Gasteiger partial charge in [-0.3, -0.25) is 19.4 Å². The Balaban J connectivity index is 1.57. The highest BCUT2D eigenvalue weighted by atomic mass is 16.5. The van der Waals surface area contributed by atoms with E-state index in [1.807, 2.05) is 76.2 Å². The third kappa shape index (κ3) is 3.40. The van der Waals surface area contributed by atoms with E-state index in [2.05, 4.69) is 0 Å². The maximum atomic E-state index is 14.0. The zero-order valence-corrected chi connectivity index (χ0v) is 21.3. The van der Waals surface area contributed by atoms with E-state index in [9.17, 15) is 14.7 Å². The number of aliphatic hydroxyl groups excluding tert-OH is 1. The lowest BCUT2D eigenvalue weighted by molar-refractivity contribution is 0.0839. The van der Waals surface area contributed by atoms with Gasteiger partial charge in [0, 0.05) is 27.5 Å². The number of benzene rings is 4. The van der Waals surface area contributed by atoms with Gasteiger partial charge in [-0.1, -0.05) is 48.5 Å². The number of rotatable bonds is 2. The molecule has 0 spiro atoms. The van der Waals surface area contributed by atoms with Crippen LogP contribution in [-0.4, -0.2) is 23.7 Å². The molecule has 1 atom stereocenters. The molecule has 6 nitrogen and oxygen atoms in total. The standard InChI is InChI=1S/C31H28N2O4/c1-17-7-5-8-18(2)27(17)32-16-37-15-21-11-12-23-26-24(14-13-22(25(21)26)29(32)34)31(36)33(30(23)35)28-19(3)9-6-10-20(28)4/h5-14,30,35H,15-16H2,1-4H3. The first-order valence-electron chi connectivity index (χ1n) is 12.4. The summed E-state index contributed by atoms with van der Waals surface area (Å²) >= 11 is 0. The fourth-order valence-electron chi connectivity index (χ4n) is 5.92. The van der Waals surface area contributed by atoms with Gasteiger partial charge >= 0.3 is 0 Å². The molecule has 0 fully saturated rings. The van der Waals surface area contributed by atoms with E-state index in [0.717, 1.165) is 33.5 Å². The number of aliphatic hydroxyl groups is 1. The first-order chi connectivity index (χ1) is 17.8. The van der Waals surface area contributed by atoms with Gasteiger partial charge in [0.05, 0.1) is 18.0 Å². The van der Waals surface area contributed by atoms with Gasteiger partial charge in [0.25, 0.3) is 11.8 Å². The molecule has 2 aliphatic heterocycles. The molecule has 2 heterocycles. The molecule has 0 aromatic heterocycles. The van der Waals surface area contributed by atoms with E-state index in [0.29, 0.717) is 33.2 Å². The first kappa shape index (κ1) is 23.4. The average molecular weight is 493 g/mol. The van der Waals surface area contributed by atoms with E-state index in [4.69, 9.17) is 4.74 Å². The van der Waals surface area contributed by atoms with Gasteiger partial charge in [0.15, 0.2) is 6.23 Å². The molecule has 6 rings (SSSR count). The van der Waals surface area contributed by atoms with Gasteiger partial charge in [0.2, 0.25) is 0 Å². The van der Waals surface area contributed by atoms with Crippen molar-refractivity contribution < 1.29 is 19.4 Å². The summed E-state index contributed by atoms with van der Waals surface area (Å²) in [5.41, 5.74) is 7.70. The zero-order chi connectivity index (χ0) is 26.0. The van der Waals surface area contributed by atoms with Crippen LogP contribution in [0.2, 0.25) is 0 Å². The van der Waals surface area contributed by atoms with Gasteiger partial charge in [-0.05, 0) is 67.6 Å². The number of carbonyl (C=O) groups excluding carboxylic acids is 2. The van der Waals surface area contributed by atoms with Crippen molar-refractivity contribution in [3.05, 3.63) is 105 Å². The van der Waals surface area contributed by atoms with Gasteiger partial charge < -0.3 is 9.84 Å². The van der Waals surface area contributed by atoms with E-state index in [1.54, 1.807) is 17.0 Å². The van der Waals surface area contributed by atoms with E-state index in [1.165, 1.54) is 4.90 Å². The summed E-state index contributed by atoms with van der Waals surface area (Å²) in [6.07, 6.45) is -1.18. The van der Waals surface area contributed by atoms with E-state index >= 15 is 0 Å². The molecule has 0 aliphatic carbocycles. The molecule has 6 heteroatoms. The number of anilines is 2. The highest BCUT2D eigenvalue weighted by molar-refractivity contribution is 6.23. The Kier molecular flexibility index (Phi) is 5.40. The molecule has 0 saturated carbocycles. The molecule has 2 amide bonds. The minimum atomic E-state index is -1.18. The summed E-state index contributed by atoms with van der Waals surface area (Å²) in [6, 6.07) is 19.0. The van der Waals surface area contributed by atoms with Crippen LogP contribution in [0.15, 0.2) is 60.7 Å². The lowest BCUT2D eigenvalue weighted by Crippen LogP contribution is -2.40. The van der Waals surface area contributed by atoms with Crippen LogP contribution < -0.4 is 9.80 Å². The number of nitrogens with zero attached hydrogens (tertiary/aromatic N) is 2. The number of hydrogen-bond donors (Lipinski definition) is 1. The number of para-hydroxylation sites is 2. The maximum absolute atomic E-state index is 14.0. The minimum Gasteiger partial charge on any atom is -0.369 e. The second kappa shape index (κ2) is 8.54. The summed E-state index contributed by atoms with van der Waals surface area (Å²) in [6.45, 7) is 8.24. The van der Waals surface area contributed by atoms with Gasteiger partial charge in [-0.25, -0.2) is 0 Å². The van der Waals surface area contributed by atoms with Crippen LogP contribution in [0, 0.1) is 27.7 Å². The molecule has 4 aromatic rings. The third-order valence-electron chi connectivity index (χ3n) is 7.59. The normalized spacial score (nSPS) is 17.3. The van der Waals surface area contributed by atoms with Crippen molar-refractivity contribution in [3.63, 3.8) is 0 Å². The molecule has 0 saturated heterocycles. The predicted molar refractivity (Wildman–Crippen MR) is 144 cm³/mol. The van der Waals surface area contributed by atoms with Crippen LogP contribution in [0.1, 0.15) is 60.3 Å². The Bertz CT molecular complexity index is 1580. The lowest BCUT2D eigenvalue weighted by atomic mass is 9.87. The Labute approximate surface area is 215 Å². The van der Waals surface area contributed by atoms with Gasteiger partial charge in [-0.15, -0.1) is 0 Å². The quantitative estimate of drug-likeness (QED) is 0.381. The first-order valence-corrected chi connectivity index (χ1v) is 12.4. The SMILES string of the molecule is Cc1cccc(C)c1N1COCc2ccc3c4c(ccc(c24)C1=O)C(=O)N(c1c(C)cccc1C)C3O. The van der Waals surface area contributed by atoms with Crippen molar-refractivity contribution in [2.45, 2.75) is 40.5 Å². The van der Waals surface area contributed by atoms with Crippen molar-refractivity contribution >= 4 is 34.0 Å². The third-order valence-corrected chi connectivity index (χ3v) is 7.59. The van der Waals surface area contributed by atoms with Crippen molar-refractivity contribution in [1.29, 1.82) is 0 Å². The Hall–Kier alpha value is -4.00. The highest BCUT2D eigenvalue weighted by Gasteiger charge is 2.38. The molecule has 4 aromatic carbocycles. The van der Waals surface area contributed by atoms with Crippen LogP contribution in [0.5, 0.6) is 0 Å². The molecule has 0 radical (unpaired) electrons. The molecule has 2 aliphatic rings. The smallest absolute Gasteiger partial charge is 0.261 e. The van der Waals surface area contributed by atoms with Crippen LogP contribution in [0.3, 0.4) is 0 Å². The Morgan fingerprint density at radius 3 is 1.92 bits per heavy atom. The van der Waals surface area contributed by atoms with Gasteiger partial charge in [-0.2, -0.15) is 0 Å². The van der Waals surface area contributed by atoms with Gasteiger partial charge in [0.1, 0.15) is 6.73 Å². The summed E-state index contributed by atoms with van der Waals surface area (Å²) in [7, 11) is 0. The molecular weight excluding hydrogens is 464 g/mol. The number of ether oxygens (including phenoxy) is 1. The minimum absolute atomic E-state index is 0.122. The number of hydrogen-bond acceptors (Lipinski definition) is 4. The molecular formula is C31H28N2O4. The van der Waals surface area contributed by atoms with Crippen LogP contribution in [0.25, 0.3) is 10.8 Å². The number of aryl methyl sites for hydroxylation is 4. The summed E-state index contributed by atoms with van der Waals surface area (Å²) in [4.78, 5) is 31.1.